The molecule has 21 heavy (non-hydrogen) atoms. The summed E-state index contributed by atoms with van der Waals surface area (Å²) in [5.41, 5.74) is 4.23. The fourth-order valence-electron chi connectivity index (χ4n) is 2.46. The molecule has 0 atom stereocenters. The SMILES string of the molecule is CC(C)c1ccc(-c2cc(O)cn3ncc(C#N)c23)cc1. The van der Waals surface area contributed by atoms with Crippen LogP contribution in [0.15, 0.2) is 42.7 Å². The molecule has 4 nitrogen and oxygen atoms in total. The van der Waals surface area contributed by atoms with Crippen LogP contribution in [0.4, 0.5) is 0 Å². The molecule has 2 heterocycles. The van der Waals surface area contributed by atoms with E-state index in [-0.39, 0.29) is 5.75 Å². The monoisotopic (exact) mass is 277 g/mol. The number of aromatic hydroxyl groups is 1. The van der Waals surface area contributed by atoms with Gasteiger partial charge in [-0.05, 0) is 23.1 Å². The zero-order chi connectivity index (χ0) is 15.0. The van der Waals surface area contributed by atoms with Crippen molar-refractivity contribution in [2.75, 3.05) is 0 Å². The van der Waals surface area contributed by atoms with Crippen LogP contribution in [-0.2, 0) is 0 Å². The predicted molar refractivity (Wildman–Crippen MR) is 81.1 cm³/mol. The highest BCUT2D eigenvalue weighted by Crippen LogP contribution is 2.31. The normalized spacial score (nSPS) is 11.0. The Balaban J connectivity index is 2.24. The van der Waals surface area contributed by atoms with Gasteiger partial charge in [-0.3, -0.25) is 0 Å². The second-order valence-electron chi connectivity index (χ2n) is 5.35. The van der Waals surface area contributed by atoms with Crippen molar-refractivity contribution < 1.29 is 5.11 Å². The summed E-state index contributed by atoms with van der Waals surface area (Å²) >= 11 is 0. The molecule has 4 heteroatoms. The smallest absolute Gasteiger partial charge is 0.134 e. The summed E-state index contributed by atoms with van der Waals surface area (Å²) < 4.78 is 1.54. The molecule has 1 N–H and O–H groups in total. The molecule has 0 unspecified atom stereocenters. The Hall–Kier alpha value is -2.80. The number of pyridine rings is 1. The topological polar surface area (TPSA) is 61.3 Å². The lowest BCUT2D eigenvalue weighted by atomic mass is 9.98. The molecule has 0 fully saturated rings. The molecule has 0 amide bonds. The van der Waals surface area contributed by atoms with E-state index in [2.05, 4.69) is 37.1 Å². The van der Waals surface area contributed by atoms with E-state index in [1.54, 1.807) is 10.6 Å². The lowest BCUT2D eigenvalue weighted by molar-refractivity contribution is 0.471. The Morgan fingerprint density at radius 1 is 1.24 bits per heavy atom. The fourth-order valence-corrected chi connectivity index (χ4v) is 2.46. The van der Waals surface area contributed by atoms with Crippen LogP contribution in [0.2, 0.25) is 0 Å². The number of nitriles is 1. The standard InChI is InChI=1S/C17H15N3O/c1-11(2)12-3-5-13(6-4-12)16-7-15(21)10-20-17(16)14(8-18)9-19-20/h3-7,9-11,21H,1-2H3. The number of hydrogen-bond donors (Lipinski definition) is 1. The van der Waals surface area contributed by atoms with E-state index in [0.29, 0.717) is 17.0 Å². The van der Waals surface area contributed by atoms with Gasteiger partial charge in [0, 0.05) is 5.56 Å². The van der Waals surface area contributed by atoms with Crippen LogP contribution in [0, 0.1) is 11.3 Å². The molecular weight excluding hydrogens is 262 g/mol. The summed E-state index contributed by atoms with van der Waals surface area (Å²) in [4.78, 5) is 0. The van der Waals surface area contributed by atoms with Gasteiger partial charge in [0.2, 0.25) is 0 Å². The molecule has 3 rings (SSSR count). The third-order valence-corrected chi connectivity index (χ3v) is 3.61. The van der Waals surface area contributed by atoms with Crippen LogP contribution >= 0.6 is 0 Å². The quantitative estimate of drug-likeness (QED) is 0.776. The zero-order valence-electron chi connectivity index (χ0n) is 11.9. The number of aromatic nitrogens is 2. The number of benzene rings is 1. The third kappa shape index (κ3) is 2.23. The maximum absolute atomic E-state index is 9.85. The first-order valence-electron chi connectivity index (χ1n) is 6.81. The molecule has 0 aliphatic carbocycles. The Labute approximate surface area is 122 Å². The zero-order valence-corrected chi connectivity index (χ0v) is 11.9. The van der Waals surface area contributed by atoms with Gasteiger partial charge in [-0.2, -0.15) is 10.4 Å². The summed E-state index contributed by atoms with van der Waals surface area (Å²) in [5.74, 6) is 0.589. The number of rotatable bonds is 2. The molecule has 0 spiro atoms. The van der Waals surface area contributed by atoms with Gasteiger partial charge in [-0.25, -0.2) is 4.52 Å². The van der Waals surface area contributed by atoms with Crippen LogP contribution in [0.25, 0.3) is 16.6 Å². The molecule has 3 aromatic rings. The van der Waals surface area contributed by atoms with Gasteiger partial charge in [0.25, 0.3) is 0 Å². The average Bonchev–Trinajstić information content (AvgIpc) is 2.89. The predicted octanol–water partition coefficient (Wildman–Crippen LogP) is 3.70. The maximum Gasteiger partial charge on any atom is 0.134 e. The lowest BCUT2D eigenvalue weighted by Crippen LogP contribution is -1.92. The van der Waals surface area contributed by atoms with Crippen LogP contribution in [0.5, 0.6) is 5.75 Å². The summed E-state index contributed by atoms with van der Waals surface area (Å²) in [7, 11) is 0. The lowest BCUT2D eigenvalue weighted by Gasteiger charge is -2.09. The van der Waals surface area contributed by atoms with Crippen molar-refractivity contribution in [2.24, 2.45) is 0 Å². The molecule has 0 aliphatic rings. The Morgan fingerprint density at radius 2 is 1.95 bits per heavy atom. The number of nitrogens with zero attached hydrogens (tertiary/aromatic N) is 3. The minimum Gasteiger partial charge on any atom is -0.506 e. The number of fused-ring (bicyclic) bond motifs is 1. The third-order valence-electron chi connectivity index (χ3n) is 3.61. The van der Waals surface area contributed by atoms with Crippen LogP contribution in [0.1, 0.15) is 30.9 Å². The van der Waals surface area contributed by atoms with Gasteiger partial charge in [0.15, 0.2) is 0 Å². The van der Waals surface area contributed by atoms with Gasteiger partial charge in [0.1, 0.15) is 11.8 Å². The molecule has 1 aromatic carbocycles. The van der Waals surface area contributed by atoms with E-state index in [1.165, 1.54) is 18.0 Å². The summed E-state index contributed by atoms with van der Waals surface area (Å²) in [6.07, 6.45) is 3.02. The van der Waals surface area contributed by atoms with Crippen LogP contribution < -0.4 is 0 Å². The highest BCUT2D eigenvalue weighted by Gasteiger charge is 2.12. The molecule has 2 aromatic heterocycles. The Morgan fingerprint density at radius 3 is 2.57 bits per heavy atom. The van der Waals surface area contributed by atoms with Crippen molar-refractivity contribution in [2.45, 2.75) is 19.8 Å². The molecule has 0 aliphatic heterocycles. The fraction of sp³-hybridized carbons (Fsp3) is 0.176. The van der Waals surface area contributed by atoms with E-state index < -0.39 is 0 Å². The van der Waals surface area contributed by atoms with Gasteiger partial charge >= 0.3 is 0 Å². The van der Waals surface area contributed by atoms with Gasteiger partial charge in [-0.1, -0.05) is 38.1 Å². The van der Waals surface area contributed by atoms with Crippen molar-refractivity contribution in [3.63, 3.8) is 0 Å². The van der Waals surface area contributed by atoms with Gasteiger partial charge in [0.05, 0.1) is 23.5 Å². The summed E-state index contributed by atoms with van der Waals surface area (Å²) in [6.45, 7) is 4.29. The van der Waals surface area contributed by atoms with Crippen LogP contribution in [-0.4, -0.2) is 14.7 Å². The van der Waals surface area contributed by atoms with Crippen LogP contribution in [0.3, 0.4) is 0 Å². The molecular formula is C17H15N3O. The van der Waals surface area contributed by atoms with Gasteiger partial charge in [-0.15, -0.1) is 0 Å². The van der Waals surface area contributed by atoms with E-state index in [0.717, 1.165) is 11.1 Å². The minimum atomic E-state index is 0.123. The van der Waals surface area contributed by atoms with Crippen molar-refractivity contribution in [1.29, 1.82) is 5.26 Å². The van der Waals surface area contributed by atoms with E-state index in [1.807, 2.05) is 12.1 Å². The highest BCUT2D eigenvalue weighted by atomic mass is 16.3. The first-order chi connectivity index (χ1) is 10.1. The van der Waals surface area contributed by atoms with Crippen molar-refractivity contribution in [1.82, 2.24) is 9.61 Å². The van der Waals surface area contributed by atoms with E-state index >= 15 is 0 Å². The first kappa shape index (κ1) is 13.2. The molecule has 0 bridgehead atoms. The minimum absolute atomic E-state index is 0.123. The van der Waals surface area contributed by atoms with Crippen molar-refractivity contribution in [3.05, 3.63) is 53.9 Å². The molecule has 0 saturated carbocycles. The Kier molecular flexibility index (Phi) is 3.11. The second kappa shape index (κ2) is 4.95. The van der Waals surface area contributed by atoms with Crippen molar-refractivity contribution >= 4 is 5.52 Å². The van der Waals surface area contributed by atoms with Crippen molar-refractivity contribution in [3.8, 4) is 22.9 Å². The highest BCUT2D eigenvalue weighted by molar-refractivity contribution is 5.85. The van der Waals surface area contributed by atoms with E-state index in [9.17, 15) is 10.4 Å². The van der Waals surface area contributed by atoms with E-state index in [4.69, 9.17) is 0 Å². The number of hydrogen-bond acceptors (Lipinski definition) is 3. The second-order valence-corrected chi connectivity index (χ2v) is 5.35. The molecule has 104 valence electrons. The summed E-state index contributed by atoms with van der Waals surface area (Å²) in [5, 5.41) is 23.2. The maximum atomic E-state index is 9.85. The van der Waals surface area contributed by atoms with Gasteiger partial charge < -0.3 is 5.11 Å². The summed E-state index contributed by atoms with van der Waals surface area (Å²) in [6, 6.07) is 12.0. The first-order valence-corrected chi connectivity index (χ1v) is 6.81. The molecule has 0 saturated heterocycles. The Bertz CT molecular complexity index is 839. The average molecular weight is 277 g/mol. The largest absolute Gasteiger partial charge is 0.506 e. The molecule has 0 radical (unpaired) electrons.